The predicted molar refractivity (Wildman–Crippen MR) is 119 cm³/mol. The molecule has 2 saturated heterocycles. The molecule has 1 N–H and O–H groups in total. The molecule has 2 amide bonds. The predicted octanol–water partition coefficient (Wildman–Crippen LogP) is 1.41. The zero-order valence-corrected chi connectivity index (χ0v) is 18.2. The number of pyridine rings is 1. The highest BCUT2D eigenvalue weighted by Gasteiger charge is 2.54. The van der Waals surface area contributed by atoms with E-state index in [0.29, 0.717) is 43.8 Å². The van der Waals surface area contributed by atoms with Crippen LogP contribution in [0.15, 0.2) is 48.8 Å². The molecule has 0 radical (unpaired) electrons. The molecule has 10 nitrogen and oxygen atoms in total. The first-order valence-corrected chi connectivity index (χ1v) is 10.8. The maximum Gasteiger partial charge on any atom is 0.325 e. The summed E-state index contributed by atoms with van der Waals surface area (Å²) >= 11 is 0. The van der Waals surface area contributed by atoms with Gasteiger partial charge in [0.25, 0.3) is 11.8 Å². The minimum atomic E-state index is -0.807. The summed E-state index contributed by atoms with van der Waals surface area (Å²) in [6.07, 6.45) is 4.11. The first-order chi connectivity index (χ1) is 16.0. The van der Waals surface area contributed by atoms with Gasteiger partial charge in [-0.05, 0) is 31.0 Å². The second-order valence-electron chi connectivity index (χ2n) is 8.34. The number of H-pyrrole nitrogens is 1. The van der Waals surface area contributed by atoms with Crippen molar-refractivity contribution in [3.05, 3.63) is 54.4 Å². The molecule has 0 bridgehead atoms. The number of hydrogen-bond donors (Lipinski definition) is 1. The Morgan fingerprint density at radius 1 is 1.15 bits per heavy atom. The summed E-state index contributed by atoms with van der Waals surface area (Å²) in [7, 11) is 1.31. The summed E-state index contributed by atoms with van der Waals surface area (Å²) in [5.41, 5.74) is 1.22. The second kappa shape index (κ2) is 8.19. The van der Waals surface area contributed by atoms with E-state index in [1.54, 1.807) is 23.4 Å². The van der Waals surface area contributed by atoms with Gasteiger partial charge in [0.1, 0.15) is 12.1 Å². The first-order valence-electron chi connectivity index (χ1n) is 10.8. The van der Waals surface area contributed by atoms with Gasteiger partial charge >= 0.3 is 5.97 Å². The van der Waals surface area contributed by atoms with Crippen molar-refractivity contribution in [2.24, 2.45) is 0 Å². The SMILES string of the molecule is COC(=O)CN1CN(c2ccccc2)C2(CCN(C(=O)c3cnc4[nH]ncc4c3)CC2)C1=O. The fraction of sp³-hybridized carbons (Fsp3) is 0.348. The number of nitrogens with one attached hydrogen (secondary N) is 1. The van der Waals surface area contributed by atoms with Crippen LogP contribution in [0.25, 0.3) is 11.0 Å². The minimum absolute atomic E-state index is 0.0978. The highest BCUT2D eigenvalue weighted by atomic mass is 16.5. The van der Waals surface area contributed by atoms with Crippen LogP contribution in [0.2, 0.25) is 0 Å². The summed E-state index contributed by atoms with van der Waals surface area (Å²) in [6.45, 7) is 1.04. The molecular weight excluding hydrogens is 424 g/mol. The van der Waals surface area contributed by atoms with Crippen LogP contribution >= 0.6 is 0 Å². The van der Waals surface area contributed by atoms with Gasteiger partial charge in [0.2, 0.25) is 0 Å². The Bertz CT molecular complexity index is 1200. The zero-order valence-electron chi connectivity index (χ0n) is 18.2. The molecule has 33 heavy (non-hydrogen) atoms. The second-order valence-corrected chi connectivity index (χ2v) is 8.34. The third-order valence-corrected chi connectivity index (χ3v) is 6.55. The Morgan fingerprint density at radius 2 is 1.91 bits per heavy atom. The number of methoxy groups -OCH3 is 1. The molecule has 4 heterocycles. The number of fused-ring (bicyclic) bond motifs is 1. The number of rotatable bonds is 4. The van der Waals surface area contributed by atoms with Crippen molar-refractivity contribution in [2.75, 3.05) is 38.3 Å². The van der Waals surface area contributed by atoms with E-state index in [4.69, 9.17) is 4.74 Å². The summed E-state index contributed by atoms with van der Waals surface area (Å²) in [5.74, 6) is -0.683. The van der Waals surface area contributed by atoms with Gasteiger partial charge in [-0.25, -0.2) is 4.98 Å². The molecule has 2 aromatic heterocycles. The van der Waals surface area contributed by atoms with Crippen molar-refractivity contribution < 1.29 is 19.1 Å². The number of likely N-dealkylation sites (tertiary alicyclic amines) is 1. The molecule has 10 heteroatoms. The fourth-order valence-corrected chi connectivity index (χ4v) is 4.76. The van der Waals surface area contributed by atoms with Gasteiger partial charge in [0.05, 0.1) is 25.5 Å². The van der Waals surface area contributed by atoms with E-state index >= 15 is 0 Å². The van der Waals surface area contributed by atoms with Gasteiger partial charge in [-0.1, -0.05) is 18.2 Å². The number of anilines is 1. The van der Waals surface area contributed by atoms with Crippen molar-refractivity contribution in [3.63, 3.8) is 0 Å². The highest BCUT2D eigenvalue weighted by Crippen LogP contribution is 2.39. The quantitative estimate of drug-likeness (QED) is 0.601. The molecule has 0 aliphatic carbocycles. The minimum Gasteiger partial charge on any atom is -0.468 e. The molecule has 2 aliphatic rings. The average Bonchev–Trinajstić information content (AvgIpc) is 3.43. The van der Waals surface area contributed by atoms with E-state index in [-0.39, 0.29) is 18.4 Å². The normalized spacial score (nSPS) is 17.7. The van der Waals surface area contributed by atoms with Crippen LogP contribution in [0, 0.1) is 0 Å². The lowest BCUT2D eigenvalue weighted by molar-refractivity contribution is -0.146. The topological polar surface area (TPSA) is 112 Å². The summed E-state index contributed by atoms with van der Waals surface area (Å²) < 4.78 is 4.78. The van der Waals surface area contributed by atoms with Crippen LogP contribution in [-0.4, -0.2) is 81.7 Å². The molecule has 5 rings (SSSR count). The van der Waals surface area contributed by atoms with Gasteiger partial charge < -0.3 is 19.4 Å². The summed E-state index contributed by atoms with van der Waals surface area (Å²) in [5, 5.41) is 7.50. The molecule has 2 aliphatic heterocycles. The lowest BCUT2D eigenvalue weighted by atomic mass is 9.85. The Balaban J connectivity index is 1.38. The van der Waals surface area contributed by atoms with E-state index < -0.39 is 11.5 Å². The third-order valence-electron chi connectivity index (χ3n) is 6.55. The number of amides is 2. The number of piperidine rings is 1. The standard InChI is InChI=1S/C23H24N6O4/c1-33-19(30)14-28-15-29(18-5-3-2-4-6-18)23(22(28)32)7-9-27(10-8-23)21(31)17-11-16-13-25-26-20(16)24-12-17/h2-6,11-13H,7-10,14-15H2,1H3,(H,24,25,26). The molecule has 170 valence electrons. The zero-order chi connectivity index (χ0) is 23.0. The number of benzene rings is 1. The van der Waals surface area contributed by atoms with Gasteiger partial charge in [0.15, 0.2) is 5.65 Å². The maximum atomic E-state index is 13.5. The maximum absolute atomic E-state index is 13.5. The van der Waals surface area contributed by atoms with E-state index in [9.17, 15) is 14.4 Å². The Hall–Kier alpha value is -3.95. The number of nitrogens with zero attached hydrogens (tertiary/aromatic N) is 5. The first kappa shape index (κ1) is 20.9. The number of hydrogen-bond acceptors (Lipinski definition) is 7. The molecule has 1 aromatic carbocycles. The van der Waals surface area contributed by atoms with E-state index in [2.05, 4.69) is 20.1 Å². The van der Waals surface area contributed by atoms with Crippen molar-refractivity contribution in [1.29, 1.82) is 0 Å². The van der Waals surface area contributed by atoms with Gasteiger partial charge in [-0.2, -0.15) is 5.10 Å². The average molecular weight is 448 g/mol. The molecule has 0 unspecified atom stereocenters. The number of ether oxygens (including phenoxy) is 1. The van der Waals surface area contributed by atoms with Crippen LogP contribution in [0.1, 0.15) is 23.2 Å². The molecule has 1 spiro atoms. The van der Waals surface area contributed by atoms with Crippen LogP contribution in [-0.2, 0) is 14.3 Å². The van der Waals surface area contributed by atoms with Gasteiger partial charge in [-0.3, -0.25) is 19.5 Å². The molecular formula is C23H24N6O4. The van der Waals surface area contributed by atoms with Gasteiger partial charge in [-0.15, -0.1) is 0 Å². The third kappa shape index (κ3) is 3.57. The van der Waals surface area contributed by atoms with E-state index in [1.165, 1.54) is 12.0 Å². The van der Waals surface area contributed by atoms with Crippen LogP contribution in [0.5, 0.6) is 0 Å². The Morgan fingerprint density at radius 3 is 2.64 bits per heavy atom. The monoisotopic (exact) mass is 448 g/mol. The number of para-hydroxylation sites is 1. The summed E-state index contributed by atoms with van der Waals surface area (Å²) in [6, 6.07) is 11.5. The van der Waals surface area contributed by atoms with Gasteiger partial charge in [0, 0.05) is 30.4 Å². The lowest BCUT2D eigenvalue weighted by Crippen LogP contribution is -2.57. The molecule has 2 fully saturated rings. The smallest absolute Gasteiger partial charge is 0.325 e. The lowest BCUT2D eigenvalue weighted by Gasteiger charge is -2.43. The molecule has 3 aromatic rings. The van der Waals surface area contributed by atoms with E-state index in [1.807, 2.05) is 30.3 Å². The van der Waals surface area contributed by atoms with Crippen LogP contribution in [0.3, 0.4) is 0 Å². The van der Waals surface area contributed by atoms with Crippen molar-refractivity contribution >= 4 is 34.5 Å². The number of aromatic amines is 1. The number of carbonyl (C=O) groups excluding carboxylic acids is 3. The largest absolute Gasteiger partial charge is 0.468 e. The highest BCUT2D eigenvalue weighted by molar-refractivity contribution is 5.98. The Kier molecular flexibility index (Phi) is 5.20. The molecule has 0 saturated carbocycles. The summed E-state index contributed by atoms with van der Waals surface area (Å²) in [4.78, 5) is 48.2. The van der Waals surface area contributed by atoms with Crippen LogP contribution < -0.4 is 4.90 Å². The fourth-order valence-electron chi connectivity index (χ4n) is 4.76. The number of carbonyl (C=O) groups is 3. The van der Waals surface area contributed by atoms with Crippen LogP contribution in [0.4, 0.5) is 5.69 Å². The molecule has 0 atom stereocenters. The van der Waals surface area contributed by atoms with Crippen molar-refractivity contribution in [3.8, 4) is 0 Å². The van der Waals surface area contributed by atoms with Crippen molar-refractivity contribution in [2.45, 2.75) is 18.4 Å². The Labute approximate surface area is 190 Å². The number of esters is 1. The van der Waals surface area contributed by atoms with E-state index in [0.717, 1.165) is 11.1 Å². The van der Waals surface area contributed by atoms with Crippen molar-refractivity contribution in [1.82, 2.24) is 25.0 Å². The number of aromatic nitrogens is 3.